The van der Waals surface area contributed by atoms with Crippen LogP contribution in [-0.2, 0) is 11.2 Å². The topological polar surface area (TPSA) is 49.8 Å². The Morgan fingerprint density at radius 3 is 3.06 bits per heavy atom. The van der Waals surface area contributed by atoms with Gasteiger partial charge in [0.15, 0.2) is 0 Å². The third-order valence-electron chi connectivity index (χ3n) is 3.90. The quantitative estimate of drug-likeness (QED) is 0.861. The Morgan fingerprint density at radius 1 is 1.39 bits per heavy atom. The first-order valence-corrected chi connectivity index (χ1v) is 6.38. The average Bonchev–Trinajstić information content (AvgIpc) is 2.71. The Labute approximate surface area is 106 Å². The van der Waals surface area contributed by atoms with Crippen LogP contribution in [0.25, 0.3) is 0 Å². The zero-order valence-corrected chi connectivity index (χ0v) is 10.3. The fourth-order valence-corrected chi connectivity index (χ4v) is 3.00. The van der Waals surface area contributed by atoms with Crippen LogP contribution >= 0.6 is 0 Å². The minimum absolute atomic E-state index is 0.118. The molecule has 1 spiro atoms. The van der Waals surface area contributed by atoms with Gasteiger partial charge in [-0.05, 0) is 24.5 Å². The number of fused-ring (bicyclic) bond motifs is 1. The largest absolute Gasteiger partial charge is 0.486 e. The first-order valence-electron chi connectivity index (χ1n) is 6.38. The summed E-state index contributed by atoms with van der Waals surface area (Å²) in [7, 11) is 0. The van der Waals surface area contributed by atoms with Crippen LogP contribution in [0.2, 0.25) is 0 Å². The summed E-state index contributed by atoms with van der Waals surface area (Å²) in [5, 5.41) is 8.84. The SMILES string of the molecule is O=C(O)CN1CCC2(CCc3ccccc3O2)C1. The van der Waals surface area contributed by atoms with Gasteiger partial charge >= 0.3 is 5.97 Å². The van der Waals surface area contributed by atoms with Crippen molar-refractivity contribution in [3.05, 3.63) is 29.8 Å². The van der Waals surface area contributed by atoms with Crippen LogP contribution in [0.15, 0.2) is 24.3 Å². The number of hydrogen-bond acceptors (Lipinski definition) is 3. The number of aryl methyl sites for hydroxylation is 1. The fourth-order valence-electron chi connectivity index (χ4n) is 3.00. The van der Waals surface area contributed by atoms with Crippen LogP contribution in [0, 0.1) is 0 Å². The molecular weight excluding hydrogens is 230 g/mol. The summed E-state index contributed by atoms with van der Waals surface area (Å²) in [5.74, 6) is 0.212. The standard InChI is InChI=1S/C14H17NO3/c16-13(17)9-15-8-7-14(10-15)6-5-11-3-1-2-4-12(11)18-14/h1-4H,5-10H2,(H,16,17). The van der Waals surface area contributed by atoms with E-state index in [0.29, 0.717) is 0 Å². The number of carbonyl (C=O) groups is 1. The van der Waals surface area contributed by atoms with Crippen LogP contribution in [0.4, 0.5) is 0 Å². The summed E-state index contributed by atoms with van der Waals surface area (Å²) in [4.78, 5) is 12.7. The van der Waals surface area contributed by atoms with Gasteiger partial charge in [-0.25, -0.2) is 0 Å². The van der Waals surface area contributed by atoms with Crippen LogP contribution in [-0.4, -0.2) is 41.2 Å². The summed E-state index contributed by atoms with van der Waals surface area (Å²) >= 11 is 0. The average molecular weight is 247 g/mol. The molecule has 0 saturated carbocycles. The van der Waals surface area contributed by atoms with Crippen LogP contribution in [0.3, 0.4) is 0 Å². The van der Waals surface area contributed by atoms with E-state index < -0.39 is 5.97 Å². The maximum atomic E-state index is 10.7. The second-order valence-electron chi connectivity index (χ2n) is 5.25. The fraction of sp³-hybridized carbons (Fsp3) is 0.500. The van der Waals surface area contributed by atoms with Crippen LogP contribution < -0.4 is 4.74 Å². The summed E-state index contributed by atoms with van der Waals surface area (Å²) in [5.41, 5.74) is 1.10. The number of rotatable bonds is 2. The van der Waals surface area contributed by atoms with Crippen LogP contribution in [0.5, 0.6) is 5.75 Å². The van der Waals surface area contributed by atoms with E-state index in [4.69, 9.17) is 9.84 Å². The molecule has 1 saturated heterocycles. The van der Waals surface area contributed by atoms with Gasteiger partial charge in [0.05, 0.1) is 6.54 Å². The molecule has 4 nitrogen and oxygen atoms in total. The molecule has 1 unspecified atom stereocenters. The molecule has 2 aliphatic heterocycles. The van der Waals surface area contributed by atoms with Crippen molar-refractivity contribution < 1.29 is 14.6 Å². The molecule has 2 aliphatic rings. The number of benzene rings is 1. The number of ether oxygens (including phenoxy) is 1. The molecule has 1 fully saturated rings. The van der Waals surface area contributed by atoms with E-state index in [1.807, 2.05) is 23.1 Å². The minimum atomic E-state index is -0.761. The molecule has 96 valence electrons. The van der Waals surface area contributed by atoms with Crippen LogP contribution in [0.1, 0.15) is 18.4 Å². The molecule has 1 N–H and O–H groups in total. The van der Waals surface area contributed by atoms with E-state index in [1.165, 1.54) is 5.56 Å². The Bertz CT molecular complexity index is 474. The van der Waals surface area contributed by atoms with Gasteiger partial charge in [-0.3, -0.25) is 9.69 Å². The lowest BCUT2D eigenvalue weighted by Crippen LogP contribution is -2.43. The van der Waals surface area contributed by atoms with Gasteiger partial charge < -0.3 is 9.84 Å². The maximum Gasteiger partial charge on any atom is 0.317 e. The number of aliphatic carboxylic acids is 1. The van der Waals surface area contributed by atoms with E-state index in [9.17, 15) is 4.79 Å². The molecule has 0 radical (unpaired) electrons. The summed E-state index contributed by atoms with van der Waals surface area (Å²) in [6, 6.07) is 8.13. The normalized spacial score (nSPS) is 26.9. The predicted molar refractivity (Wildman–Crippen MR) is 66.8 cm³/mol. The lowest BCUT2D eigenvalue weighted by atomic mass is 9.90. The van der Waals surface area contributed by atoms with Gasteiger partial charge in [0, 0.05) is 19.5 Å². The van der Waals surface area contributed by atoms with Gasteiger partial charge in [0.1, 0.15) is 11.4 Å². The number of likely N-dealkylation sites (tertiary alicyclic amines) is 1. The lowest BCUT2D eigenvalue weighted by molar-refractivity contribution is -0.138. The number of carboxylic acid groups (broad SMARTS) is 1. The van der Waals surface area contributed by atoms with E-state index in [1.54, 1.807) is 0 Å². The van der Waals surface area contributed by atoms with Crippen molar-refractivity contribution in [1.29, 1.82) is 0 Å². The molecule has 0 aromatic heterocycles. The highest BCUT2D eigenvalue weighted by molar-refractivity contribution is 5.69. The highest BCUT2D eigenvalue weighted by Crippen LogP contribution is 2.38. The van der Waals surface area contributed by atoms with Crippen molar-refractivity contribution in [2.45, 2.75) is 24.9 Å². The van der Waals surface area contributed by atoms with Gasteiger partial charge in [0.25, 0.3) is 0 Å². The highest BCUT2D eigenvalue weighted by Gasteiger charge is 2.42. The Hall–Kier alpha value is -1.55. The molecular formula is C14H17NO3. The van der Waals surface area contributed by atoms with E-state index >= 15 is 0 Å². The van der Waals surface area contributed by atoms with E-state index in [-0.39, 0.29) is 12.1 Å². The number of para-hydroxylation sites is 1. The second kappa shape index (κ2) is 4.28. The van der Waals surface area contributed by atoms with Crippen molar-refractivity contribution in [1.82, 2.24) is 4.90 Å². The van der Waals surface area contributed by atoms with Gasteiger partial charge in [0.2, 0.25) is 0 Å². The van der Waals surface area contributed by atoms with Crippen molar-refractivity contribution in [3.63, 3.8) is 0 Å². The minimum Gasteiger partial charge on any atom is -0.486 e. The van der Waals surface area contributed by atoms with Gasteiger partial charge in [-0.1, -0.05) is 18.2 Å². The van der Waals surface area contributed by atoms with Crippen molar-refractivity contribution >= 4 is 5.97 Å². The highest BCUT2D eigenvalue weighted by atomic mass is 16.5. The van der Waals surface area contributed by atoms with Gasteiger partial charge in [-0.15, -0.1) is 0 Å². The summed E-state index contributed by atoms with van der Waals surface area (Å²) in [6.45, 7) is 1.66. The first-order chi connectivity index (χ1) is 8.67. The van der Waals surface area contributed by atoms with Crippen molar-refractivity contribution in [2.24, 2.45) is 0 Å². The second-order valence-corrected chi connectivity index (χ2v) is 5.25. The smallest absolute Gasteiger partial charge is 0.317 e. The first kappa shape index (κ1) is 11.5. The molecule has 0 amide bonds. The third kappa shape index (κ3) is 2.08. The molecule has 2 heterocycles. The summed E-state index contributed by atoms with van der Waals surface area (Å²) < 4.78 is 6.16. The Balaban J connectivity index is 1.74. The maximum absolute atomic E-state index is 10.7. The molecule has 0 aliphatic carbocycles. The molecule has 1 aromatic rings. The number of hydrogen-bond donors (Lipinski definition) is 1. The zero-order valence-electron chi connectivity index (χ0n) is 10.3. The molecule has 4 heteroatoms. The molecule has 18 heavy (non-hydrogen) atoms. The third-order valence-corrected chi connectivity index (χ3v) is 3.90. The Morgan fingerprint density at radius 2 is 2.22 bits per heavy atom. The predicted octanol–water partition coefficient (Wildman–Crippen LogP) is 1.54. The van der Waals surface area contributed by atoms with Gasteiger partial charge in [-0.2, -0.15) is 0 Å². The molecule has 1 aromatic carbocycles. The number of nitrogens with zero attached hydrogens (tertiary/aromatic N) is 1. The lowest BCUT2D eigenvalue weighted by Gasteiger charge is -2.35. The summed E-state index contributed by atoms with van der Waals surface area (Å²) in [6.07, 6.45) is 2.94. The monoisotopic (exact) mass is 247 g/mol. The van der Waals surface area contributed by atoms with Crippen molar-refractivity contribution in [2.75, 3.05) is 19.6 Å². The molecule has 0 bridgehead atoms. The Kier molecular flexibility index (Phi) is 2.74. The zero-order chi connectivity index (χ0) is 12.6. The molecule has 3 rings (SSSR count). The molecule has 1 atom stereocenters. The number of carboxylic acids is 1. The van der Waals surface area contributed by atoms with E-state index in [0.717, 1.165) is 38.1 Å². The van der Waals surface area contributed by atoms with Crippen molar-refractivity contribution in [3.8, 4) is 5.75 Å². The van der Waals surface area contributed by atoms with E-state index in [2.05, 4.69) is 6.07 Å².